The summed E-state index contributed by atoms with van der Waals surface area (Å²) in [6, 6.07) is 8.44. The van der Waals surface area contributed by atoms with Crippen molar-refractivity contribution >= 4 is 21.8 Å². The minimum atomic E-state index is -3.44. The van der Waals surface area contributed by atoms with Gasteiger partial charge in [-0.05, 0) is 30.4 Å². The van der Waals surface area contributed by atoms with Gasteiger partial charge in [-0.3, -0.25) is 0 Å². The lowest BCUT2D eigenvalue weighted by molar-refractivity contribution is 0.579. The van der Waals surface area contributed by atoms with E-state index in [2.05, 4.69) is 11.6 Å². The van der Waals surface area contributed by atoms with Gasteiger partial charge in [0.25, 0.3) is 0 Å². The number of benzene rings is 1. The standard InChI is InChI=1S/C13H18N2O2S2/c1-11(18-2)8-10-15-19(16,17)13-5-3-12(4-6-13)7-9-14/h3-6,11,15H,7-8,10H2,1-2H3. The summed E-state index contributed by atoms with van der Waals surface area (Å²) in [5, 5.41) is 8.99. The largest absolute Gasteiger partial charge is 0.240 e. The Balaban J connectivity index is 2.64. The molecule has 1 aromatic rings. The number of rotatable bonds is 7. The zero-order valence-electron chi connectivity index (χ0n) is 11.1. The summed E-state index contributed by atoms with van der Waals surface area (Å²) >= 11 is 1.71. The van der Waals surface area contributed by atoms with Gasteiger partial charge in [-0.15, -0.1) is 0 Å². The molecule has 0 aliphatic rings. The van der Waals surface area contributed by atoms with Gasteiger partial charge in [-0.2, -0.15) is 17.0 Å². The van der Waals surface area contributed by atoms with Gasteiger partial charge >= 0.3 is 0 Å². The molecule has 6 heteroatoms. The quantitative estimate of drug-likeness (QED) is 0.837. The third kappa shape index (κ3) is 5.23. The summed E-state index contributed by atoms with van der Waals surface area (Å²) in [5.74, 6) is 0. The van der Waals surface area contributed by atoms with Crippen LogP contribution in [-0.2, 0) is 16.4 Å². The summed E-state index contributed by atoms with van der Waals surface area (Å²) in [5.41, 5.74) is 0.817. The molecule has 1 unspecified atom stereocenters. The molecular formula is C13H18N2O2S2. The van der Waals surface area contributed by atoms with E-state index >= 15 is 0 Å². The Morgan fingerprint density at radius 3 is 2.53 bits per heavy atom. The predicted octanol–water partition coefficient (Wildman–Crippen LogP) is 2.17. The second-order valence-electron chi connectivity index (χ2n) is 4.21. The molecule has 0 radical (unpaired) electrons. The molecule has 0 heterocycles. The minimum Gasteiger partial charge on any atom is -0.211 e. The molecule has 0 amide bonds. The maximum atomic E-state index is 12.0. The zero-order chi connectivity index (χ0) is 14.3. The first-order valence-electron chi connectivity index (χ1n) is 5.98. The Hall–Kier alpha value is -1.03. The SMILES string of the molecule is CSC(C)CCNS(=O)(=O)c1ccc(CC#N)cc1. The van der Waals surface area contributed by atoms with Gasteiger partial charge in [0.05, 0.1) is 17.4 Å². The maximum Gasteiger partial charge on any atom is 0.240 e. The van der Waals surface area contributed by atoms with Crippen LogP contribution < -0.4 is 4.72 Å². The zero-order valence-corrected chi connectivity index (χ0v) is 12.7. The normalized spacial score (nSPS) is 12.9. The molecule has 0 bridgehead atoms. The molecule has 0 saturated carbocycles. The van der Waals surface area contributed by atoms with Crippen LogP contribution in [0.4, 0.5) is 0 Å². The van der Waals surface area contributed by atoms with Crippen molar-refractivity contribution in [1.29, 1.82) is 5.26 Å². The highest BCUT2D eigenvalue weighted by atomic mass is 32.2. The van der Waals surface area contributed by atoms with E-state index in [9.17, 15) is 8.42 Å². The summed E-state index contributed by atoms with van der Waals surface area (Å²) in [4.78, 5) is 0.242. The summed E-state index contributed by atoms with van der Waals surface area (Å²) in [6.45, 7) is 2.50. The van der Waals surface area contributed by atoms with Crippen LogP contribution in [0.25, 0.3) is 0 Å². The first kappa shape index (κ1) is 16.0. The van der Waals surface area contributed by atoms with E-state index in [-0.39, 0.29) is 4.90 Å². The van der Waals surface area contributed by atoms with Crippen molar-refractivity contribution in [3.05, 3.63) is 29.8 Å². The van der Waals surface area contributed by atoms with Crippen molar-refractivity contribution < 1.29 is 8.42 Å². The number of nitriles is 1. The Morgan fingerprint density at radius 1 is 1.37 bits per heavy atom. The minimum absolute atomic E-state index is 0.242. The van der Waals surface area contributed by atoms with Crippen molar-refractivity contribution in [1.82, 2.24) is 4.72 Å². The molecule has 0 fully saturated rings. The number of sulfonamides is 1. The molecule has 4 nitrogen and oxygen atoms in total. The molecule has 19 heavy (non-hydrogen) atoms. The third-order valence-corrected chi connectivity index (χ3v) is 5.28. The molecular weight excluding hydrogens is 280 g/mol. The van der Waals surface area contributed by atoms with Gasteiger partial charge in [0.2, 0.25) is 10.0 Å². The fraction of sp³-hybridized carbons (Fsp3) is 0.462. The second-order valence-corrected chi connectivity index (χ2v) is 7.25. The van der Waals surface area contributed by atoms with E-state index in [0.29, 0.717) is 18.2 Å². The Morgan fingerprint density at radius 2 is 2.00 bits per heavy atom. The Labute approximate surface area is 119 Å². The molecule has 0 aliphatic heterocycles. The molecule has 0 saturated heterocycles. The van der Waals surface area contributed by atoms with E-state index < -0.39 is 10.0 Å². The monoisotopic (exact) mass is 298 g/mol. The Bertz CT molecular complexity index is 533. The van der Waals surface area contributed by atoms with Crippen LogP contribution in [0.3, 0.4) is 0 Å². The lowest BCUT2D eigenvalue weighted by Gasteiger charge is -2.10. The smallest absolute Gasteiger partial charge is 0.211 e. The van der Waals surface area contributed by atoms with E-state index in [4.69, 9.17) is 5.26 Å². The third-order valence-electron chi connectivity index (χ3n) is 2.76. The molecule has 1 atom stereocenters. The van der Waals surface area contributed by atoms with Crippen molar-refractivity contribution in [2.24, 2.45) is 0 Å². The van der Waals surface area contributed by atoms with Crippen LogP contribution >= 0.6 is 11.8 Å². The van der Waals surface area contributed by atoms with E-state index in [1.165, 1.54) is 12.1 Å². The molecule has 0 aromatic heterocycles. The van der Waals surface area contributed by atoms with Gasteiger partial charge in [0.15, 0.2) is 0 Å². The van der Waals surface area contributed by atoms with Crippen LogP contribution in [0.2, 0.25) is 0 Å². The second kappa shape index (κ2) is 7.53. The highest BCUT2D eigenvalue weighted by Gasteiger charge is 2.13. The topological polar surface area (TPSA) is 70.0 Å². The Kier molecular flexibility index (Phi) is 6.35. The van der Waals surface area contributed by atoms with Crippen molar-refractivity contribution in [2.75, 3.05) is 12.8 Å². The summed E-state index contributed by atoms with van der Waals surface area (Å²) in [7, 11) is -3.44. The van der Waals surface area contributed by atoms with Crippen LogP contribution in [0.1, 0.15) is 18.9 Å². The highest BCUT2D eigenvalue weighted by Crippen LogP contribution is 2.12. The summed E-state index contributed by atoms with van der Waals surface area (Å²) < 4.78 is 26.6. The van der Waals surface area contributed by atoms with Gasteiger partial charge < -0.3 is 0 Å². The van der Waals surface area contributed by atoms with Gasteiger partial charge in [0, 0.05) is 11.8 Å². The highest BCUT2D eigenvalue weighted by molar-refractivity contribution is 7.99. The van der Waals surface area contributed by atoms with Crippen LogP contribution in [0.5, 0.6) is 0 Å². The average molecular weight is 298 g/mol. The van der Waals surface area contributed by atoms with E-state index in [1.807, 2.05) is 12.3 Å². The lowest BCUT2D eigenvalue weighted by Crippen LogP contribution is -2.26. The molecule has 104 valence electrons. The predicted molar refractivity (Wildman–Crippen MR) is 78.5 cm³/mol. The van der Waals surface area contributed by atoms with Crippen LogP contribution in [0, 0.1) is 11.3 Å². The summed E-state index contributed by atoms with van der Waals surface area (Å²) in [6.07, 6.45) is 3.10. The van der Waals surface area contributed by atoms with Crippen molar-refractivity contribution in [3.63, 3.8) is 0 Å². The maximum absolute atomic E-state index is 12.0. The van der Waals surface area contributed by atoms with E-state index in [1.54, 1.807) is 23.9 Å². The first-order valence-corrected chi connectivity index (χ1v) is 8.75. The fourth-order valence-electron chi connectivity index (χ4n) is 1.48. The molecule has 1 aromatic carbocycles. The molecule has 1 rings (SSSR count). The van der Waals surface area contributed by atoms with Gasteiger partial charge in [-0.25, -0.2) is 13.1 Å². The average Bonchev–Trinajstić information content (AvgIpc) is 2.39. The number of hydrogen-bond donors (Lipinski definition) is 1. The van der Waals surface area contributed by atoms with Crippen LogP contribution in [0.15, 0.2) is 29.2 Å². The molecule has 1 N–H and O–H groups in total. The van der Waals surface area contributed by atoms with Crippen LogP contribution in [-0.4, -0.2) is 26.5 Å². The van der Waals surface area contributed by atoms with Gasteiger partial charge in [-0.1, -0.05) is 19.1 Å². The van der Waals surface area contributed by atoms with Gasteiger partial charge in [0.1, 0.15) is 0 Å². The number of hydrogen-bond acceptors (Lipinski definition) is 4. The lowest BCUT2D eigenvalue weighted by atomic mass is 10.2. The van der Waals surface area contributed by atoms with Crippen molar-refractivity contribution in [3.8, 4) is 6.07 Å². The van der Waals surface area contributed by atoms with Crippen molar-refractivity contribution in [2.45, 2.75) is 29.9 Å². The molecule has 0 aliphatic carbocycles. The number of nitrogens with one attached hydrogen (secondary N) is 1. The fourth-order valence-corrected chi connectivity index (χ4v) is 2.88. The first-order chi connectivity index (χ1) is 8.99. The number of nitrogens with zero attached hydrogens (tertiary/aromatic N) is 1. The molecule has 0 spiro atoms. The van der Waals surface area contributed by atoms with E-state index in [0.717, 1.165) is 12.0 Å². The number of thioether (sulfide) groups is 1.